The second kappa shape index (κ2) is 4.56. The average Bonchev–Trinajstić information content (AvgIpc) is 2.36. The molecule has 0 aliphatic heterocycles. The predicted octanol–water partition coefficient (Wildman–Crippen LogP) is 1.39. The van der Waals surface area contributed by atoms with E-state index in [1.54, 1.807) is 7.11 Å². The Balaban J connectivity index is 2.22. The Hall–Kier alpha value is -2.50. The molecule has 2 aromatic rings. The minimum Gasteiger partial charge on any atom is -0.497 e. The third kappa shape index (κ3) is 2.36. The molecule has 0 saturated heterocycles. The van der Waals surface area contributed by atoms with Gasteiger partial charge in [0.25, 0.3) is 0 Å². The summed E-state index contributed by atoms with van der Waals surface area (Å²) in [6, 6.07) is 7.39. The van der Waals surface area contributed by atoms with Gasteiger partial charge in [-0.2, -0.15) is 0 Å². The van der Waals surface area contributed by atoms with Gasteiger partial charge in [-0.15, -0.1) is 0 Å². The summed E-state index contributed by atoms with van der Waals surface area (Å²) in [5, 5.41) is 3.05. The lowest BCUT2D eigenvalue weighted by atomic mass is 10.3. The van der Waals surface area contributed by atoms with Gasteiger partial charge < -0.3 is 21.5 Å². The summed E-state index contributed by atoms with van der Waals surface area (Å²) in [4.78, 5) is 7.81. The van der Waals surface area contributed by atoms with E-state index in [1.807, 2.05) is 24.3 Å². The Labute approximate surface area is 98.6 Å². The van der Waals surface area contributed by atoms with Crippen molar-refractivity contribution in [3.63, 3.8) is 0 Å². The van der Waals surface area contributed by atoms with E-state index in [4.69, 9.17) is 16.2 Å². The summed E-state index contributed by atoms with van der Waals surface area (Å²) in [7, 11) is 1.62. The molecule has 6 nitrogen and oxygen atoms in total. The number of nitrogens with two attached hydrogens (primary N) is 2. The van der Waals surface area contributed by atoms with Gasteiger partial charge in [-0.1, -0.05) is 0 Å². The summed E-state index contributed by atoms with van der Waals surface area (Å²) in [5.41, 5.74) is 12.5. The SMILES string of the molecule is COc1ccc(Nc2ncnc(N)c2N)cc1. The van der Waals surface area contributed by atoms with E-state index in [-0.39, 0.29) is 5.82 Å². The third-order valence-electron chi connectivity index (χ3n) is 2.27. The van der Waals surface area contributed by atoms with Crippen LogP contribution in [0.1, 0.15) is 0 Å². The fourth-order valence-corrected chi connectivity index (χ4v) is 1.32. The number of rotatable bonds is 3. The number of ether oxygens (including phenoxy) is 1. The monoisotopic (exact) mass is 231 g/mol. The van der Waals surface area contributed by atoms with Crippen molar-refractivity contribution in [1.82, 2.24) is 9.97 Å². The second-order valence-corrected chi connectivity index (χ2v) is 3.37. The molecular formula is C11H13N5O. The molecule has 0 unspecified atom stereocenters. The molecule has 0 aliphatic rings. The highest BCUT2D eigenvalue weighted by atomic mass is 16.5. The maximum atomic E-state index is 5.75. The number of nitrogens with one attached hydrogen (secondary N) is 1. The van der Waals surface area contributed by atoms with Gasteiger partial charge >= 0.3 is 0 Å². The number of hydrogen-bond donors (Lipinski definition) is 3. The molecule has 1 aromatic heterocycles. The van der Waals surface area contributed by atoms with Crippen molar-refractivity contribution in [2.24, 2.45) is 0 Å². The molecule has 2 rings (SSSR count). The summed E-state index contributed by atoms with van der Waals surface area (Å²) >= 11 is 0. The molecule has 0 spiro atoms. The van der Waals surface area contributed by atoms with Crippen LogP contribution in [0.5, 0.6) is 5.75 Å². The number of benzene rings is 1. The molecule has 0 radical (unpaired) electrons. The molecule has 0 fully saturated rings. The fourth-order valence-electron chi connectivity index (χ4n) is 1.32. The van der Waals surface area contributed by atoms with Crippen LogP contribution in [0.25, 0.3) is 0 Å². The van der Waals surface area contributed by atoms with Gasteiger partial charge in [0, 0.05) is 5.69 Å². The Kier molecular flexibility index (Phi) is 2.95. The van der Waals surface area contributed by atoms with Gasteiger partial charge in [-0.3, -0.25) is 0 Å². The number of hydrogen-bond acceptors (Lipinski definition) is 6. The second-order valence-electron chi connectivity index (χ2n) is 3.37. The average molecular weight is 231 g/mol. The normalized spacial score (nSPS) is 9.94. The van der Waals surface area contributed by atoms with Crippen molar-refractivity contribution in [3.05, 3.63) is 30.6 Å². The molecule has 0 aliphatic carbocycles. The number of anilines is 4. The smallest absolute Gasteiger partial charge is 0.159 e. The number of methoxy groups -OCH3 is 1. The fraction of sp³-hybridized carbons (Fsp3) is 0.0909. The summed E-state index contributed by atoms with van der Waals surface area (Å²) in [5.74, 6) is 1.53. The van der Waals surface area contributed by atoms with Gasteiger partial charge in [0.15, 0.2) is 11.6 Å². The summed E-state index contributed by atoms with van der Waals surface area (Å²) < 4.78 is 5.06. The van der Waals surface area contributed by atoms with Crippen LogP contribution in [0.4, 0.5) is 23.0 Å². The van der Waals surface area contributed by atoms with Crippen LogP contribution in [0, 0.1) is 0 Å². The molecule has 0 atom stereocenters. The molecule has 17 heavy (non-hydrogen) atoms. The molecule has 0 saturated carbocycles. The minimum atomic E-state index is 0.260. The highest BCUT2D eigenvalue weighted by Gasteiger charge is 2.05. The zero-order chi connectivity index (χ0) is 12.3. The van der Waals surface area contributed by atoms with E-state index in [0.717, 1.165) is 11.4 Å². The largest absolute Gasteiger partial charge is 0.497 e. The quantitative estimate of drug-likeness (QED) is 0.738. The standard InChI is InChI=1S/C11H13N5O/c1-17-8-4-2-7(3-5-8)16-11-9(12)10(13)14-6-15-11/h2-6H,12H2,1H3,(H3,13,14,15,16). The van der Waals surface area contributed by atoms with Gasteiger partial charge in [-0.05, 0) is 24.3 Å². The maximum Gasteiger partial charge on any atom is 0.159 e. The van der Waals surface area contributed by atoms with Crippen molar-refractivity contribution in [2.45, 2.75) is 0 Å². The van der Waals surface area contributed by atoms with Crippen LogP contribution in [-0.2, 0) is 0 Å². The highest BCUT2D eigenvalue weighted by Crippen LogP contribution is 2.24. The lowest BCUT2D eigenvalue weighted by Gasteiger charge is -2.09. The van der Waals surface area contributed by atoms with E-state index in [1.165, 1.54) is 6.33 Å². The Morgan fingerprint density at radius 3 is 2.47 bits per heavy atom. The first-order valence-corrected chi connectivity index (χ1v) is 4.97. The van der Waals surface area contributed by atoms with Crippen LogP contribution >= 0.6 is 0 Å². The van der Waals surface area contributed by atoms with Gasteiger partial charge in [0.05, 0.1) is 7.11 Å². The maximum absolute atomic E-state index is 5.75. The molecule has 0 bridgehead atoms. The Bertz CT molecular complexity index is 512. The molecule has 0 amide bonds. The van der Waals surface area contributed by atoms with Gasteiger partial charge in [0.1, 0.15) is 17.8 Å². The molecule has 1 aromatic carbocycles. The first-order chi connectivity index (χ1) is 8.20. The molecular weight excluding hydrogens is 218 g/mol. The van der Waals surface area contributed by atoms with E-state index in [2.05, 4.69) is 15.3 Å². The van der Waals surface area contributed by atoms with E-state index in [0.29, 0.717) is 11.5 Å². The van der Waals surface area contributed by atoms with Gasteiger partial charge in [0.2, 0.25) is 0 Å². The first kappa shape index (κ1) is 11.0. The van der Waals surface area contributed by atoms with Crippen molar-refractivity contribution < 1.29 is 4.74 Å². The lowest BCUT2D eigenvalue weighted by Crippen LogP contribution is -2.04. The van der Waals surface area contributed by atoms with Crippen molar-refractivity contribution in [1.29, 1.82) is 0 Å². The van der Waals surface area contributed by atoms with Crippen LogP contribution in [-0.4, -0.2) is 17.1 Å². The molecule has 5 N–H and O–H groups in total. The Morgan fingerprint density at radius 1 is 1.12 bits per heavy atom. The van der Waals surface area contributed by atoms with E-state index < -0.39 is 0 Å². The summed E-state index contributed by atoms with van der Waals surface area (Å²) in [6.45, 7) is 0. The van der Waals surface area contributed by atoms with E-state index >= 15 is 0 Å². The van der Waals surface area contributed by atoms with Crippen LogP contribution in [0.15, 0.2) is 30.6 Å². The van der Waals surface area contributed by atoms with E-state index in [9.17, 15) is 0 Å². The lowest BCUT2D eigenvalue weighted by molar-refractivity contribution is 0.415. The number of aromatic nitrogens is 2. The third-order valence-corrected chi connectivity index (χ3v) is 2.27. The molecule has 6 heteroatoms. The topological polar surface area (TPSA) is 99.1 Å². The zero-order valence-electron chi connectivity index (χ0n) is 9.34. The van der Waals surface area contributed by atoms with Crippen LogP contribution in [0.2, 0.25) is 0 Å². The van der Waals surface area contributed by atoms with Gasteiger partial charge in [-0.25, -0.2) is 9.97 Å². The van der Waals surface area contributed by atoms with Crippen molar-refractivity contribution >= 4 is 23.0 Å². The number of nitrogens with zero attached hydrogens (tertiary/aromatic N) is 2. The zero-order valence-corrected chi connectivity index (χ0v) is 9.34. The number of nitrogen functional groups attached to an aromatic ring is 2. The minimum absolute atomic E-state index is 0.260. The highest BCUT2D eigenvalue weighted by molar-refractivity contribution is 5.76. The summed E-state index contributed by atoms with van der Waals surface area (Å²) in [6.07, 6.45) is 1.36. The van der Waals surface area contributed by atoms with Crippen molar-refractivity contribution in [2.75, 3.05) is 23.9 Å². The van der Waals surface area contributed by atoms with Crippen LogP contribution < -0.4 is 21.5 Å². The van der Waals surface area contributed by atoms with Crippen LogP contribution in [0.3, 0.4) is 0 Å². The molecule has 1 heterocycles. The first-order valence-electron chi connectivity index (χ1n) is 4.97. The Morgan fingerprint density at radius 2 is 1.82 bits per heavy atom. The van der Waals surface area contributed by atoms with Crippen molar-refractivity contribution in [3.8, 4) is 5.75 Å². The predicted molar refractivity (Wildman–Crippen MR) is 67.1 cm³/mol. The molecule has 88 valence electrons.